The summed E-state index contributed by atoms with van der Waals surface area (Å²) in [5, 5.41) is 0. The van der Waals surface area contributed by atoms with Crippen LogP contribution in [0.2, 0.25) is 0 Å². The average molecular weight is 272 g/mol. The number of aryl methyl sites for hydroxylation is 2. The largest absolute Gasteiger partial charge is 0.293 e. The molecule has 0 aliphatic rings. The Bertz CT molecular complexity index is 593. The van der Waals surface area contributed by atoms with Crippen molar-refractivity contribution >= 4 is 17.1 Å². The Kier molecular flexibility index (Phi) is 4.20. The number of benzene rings is 1. The van der Waals surface area contributed by atoms with Gasteiger partial charge in [0.25, 0.3) is 0 Å². The van der Waals surface area contributed by atoms with E-state index in [-0.39, 0.29) is 11.7 Å². The predicted molar refractivity (Wildman–Crippen MR) is 83.0 cm³/mol. The molecule has 0 N–H and O–H groups in total. The third-order valence-electron chi connectivity index (χ3n) is 3.38. The Morgan fingerprint density at radius 1 is 1.21 bits per heavy atom. The van der Waals surface area contributed by atoms with Crippen LogP contribution in [-0.2, 0) is 6.42 Å². The highest BCUT2D eigenvalue weighted by Crippen LogP contribution is 2.30. The summed E-state index contributed by atoms with van der Waals surface area (Å²) in [5.74, 6) is 0.300. The molecule has 0 spiro atoms. The third kappa shape index (κ3) is 2.95. The third-order valence-corrected chi connectivity index (χ3v) is 4.53. The van der Waals surface area contributed by atoms with Gasteiger partial charge in [0.2, 0.25) is 0 Å². The molecular formula is C17H20OS. The van der Waals surface area contributed by atoms with Crippen molar-refractivity contribution in [1.82, 2.24) is 0 Å². The summed E-state index contributed by atoms with van der Waals surface area (Å²) in [4.78, 5) is 14.0. The van der Waals surface area contributed by atoms with E-state index in [9.17, 15) is 4.79 Å². The van der Waals surface area contributed by atoms with Gasteiger partial charge in [-0.25, -0.2) is 0 Å². The first-order valence-corrected chi connectivity index (χ1v) is 7.58. The minimum absolute atomic E-state index is 0.0655. The molecule has 100 valence electrons. The summed E-state index contributed by atoms with van der Waals surface area (Å²) < 4.78 is 0. The summed E-state index contributed by atoms with van der Waals surface area (Å²) in [7, 11) is 0. The molecule has 0 saturated heterocycles. The zero-order valence-corrected chi connectivity index (χ0v) is 12.8. The minimum atomic E-state index is 0.0655. The van der Waals surface area contributed by atoms with Gasteiger partial charge in [-0.05, 0) is 42.2 Å². The molecule has 0 saturated carbocycles. The van der Waals surface area contributed by atoms with Crippen molar-refractivity contribution in [3.8, 4) is 10.4 Å². The van der Waals surface area contributed by atoms with E-state index in [0.29, 0.717) is 0 Å². The Hall–Kier alpha value is -1.41. The van der Waals surface area contributed by atoms with E-state index in [2.05, 4.69) is 38.1 Å². The van der Waals surface area contributed by atoms with Crippen molar-refractivity contribution in [2.24, 2.45) is 5.92 Å². The summed E-state index contributed by atoms with van der Waals surface area (Å²) in [6.45, 7) is 8.21. The van der Waals surface area contributed by atoms with Crippen molar-refractivity contribution in [3.05, 3.63) is 46.3 Å². The lowest BCUT2D eigenvalue weighted by Gasteiger charge is -2.05. The second-order valence-electron chi connectivity index (χ2n) is 5.18. The van der Waals surface area contributed by atoms with Crippen LogP contribution in [0.25, 0.3) is 10.4 Å². The molecule has 0 fully saturated rings. The molecule has 0 aliphatic heterocycles. The van der Waals surface area contributed by atoms with E-state index in [1.54, 1.807) is 11.3 Å². The van der Waals surface area contributed by atoms with Gasteiger partial charge in [0, 0.05) is 10.8 Å². The van der Waals surface area contributed by atoms with E-state index in [1.165, 1.54) is 21.6 Å². The highest BCUT2D eigenvalue weighted by Gasteiger charge is 2.13. The molecule has 19 heavy (non-hydrogen) atoms. The summed E-state index contributed by atoms with van der Waals surface area (Å²) in [5.41, 5.74) is 3.92. The topological polar surface area (TPSA) is 17.1 Å². The number of hydrogen-bond acceptors (Lipinski definition) is 2. The van der Waals surface area contributed by atoms with Crippen molar-refractivity contribution in [2.45, 2.75) is 34.1 Å². The molecule has 1 aromatic heterocycles. The molecule has 0 bridgehead atoms. The van der Waals surface area contributed by atoms with Crippen LogP contribution >= 0.6 is 11.3 Å². The van der Waals surface area contributed by atoms with Gasteiger partial charge in [0.05, 0.1) is 4.88 Å². The van der Waals surface area contributed by atoms with Crippen LogP contribution in [0, 0.1) is 12.8 Å². The molecule has 0 radical (unpaired) electrons. The zero-order chi connectivity index (χ0) is 14.0. The molecule has 1 heterocycles. The van der Waals surface area contributed by atoms with Crippen LogP contribution in [-0.4, -0.2) is 5.78 Å². The zero-order valence-electron chi connectivity index (χ0n) is 12.0. The van der Waals surface area contributed by atoms with Crippen LogP contribution in [0.3, 0.4) is 0 Å². The van der Waals surface area contributed by atoms with Crippen molar-refractivity contribution in [2.75, 3.05) is 0 Å². The van der Waals surface area contributed by atoms with Crippen LogP contribution < -0.4 is 0 Å². The van der Waals surface area contributed by atoms with Crippen molar-refractivity contribution in [3.63, 3.8) is 0 Å². The van der Waals surface area contributed by atoms with Gasteiger partial charge >= 0.3 is 0 Å². The van der Waals surface area contributed by atoms with Gasteiger partial charge in [0.15, 0.2) is 5.78 Å². The Balaban J connectivity index is 2.33. The lowest BCUT2D eigenvalue weighted by atomic mass is 10.0. The molecule has 2 aromatic rings. The smallest absolute Gasteiger partial charge is 0.175 e. The molecule has 1 aromatic carbocycles. The molecular weight excluding hydrogens is 252 g/mol. The fourth-order valence-corrected chi connectivity index (χ4v) is 3.25. The highest BCUT2D eigenvalue weighted by molar-refractivity contribution is 7.17. The SMILES string of the molecule is CCc1ccc(-c2ccc(C(=O)C(C)C)s2)cc1C. The molecule has 0 unspecified atom stereocenters. The first-order chi connectivity index (χ1) is 9.02. The Morgan fingerprint density at radius 3 is 2.53 bits per heavy atom. The van der Waals surface area contributed by atoms with Crippen molar-refractivity contribution in [1.29, 1.82) is 0 Å². The van der Waals surface area contributed by atoms with Gasteiger partial charge in [-0.2, -0.15) is 0 Å². The molecule has 0 aliphatic carbocycles. The summed E-state index contributed by atoms with van der Waals surface area (Å²) >= 11 is 1.60. The maximum atomic E-state index is 12.0. The standard InChI is InChI=1S/C17H20OS/c1-5-13-6-7-14(10-12(13)4)15-8-9-16(19-15)17(18)11(2)3/h6-11H,5H2,1-4H3. The van der Waals surface area contributed by atoms with Crippen LogP contribution in [0.4, 0.5) is 0 Å². The summed E-state index contributed by atoms with van der Waals surface area (Å²) in [6, 6.07) is 10.6. The van der Waals surface area contributed by atoms with E-state index in [1.807, 2.05) is 19.9 Å². The predicted octanol–water partition coefficient (Wildman–Crippen LogP) is 5.12. The average Bonchev–Trinajstić information content (AvgIpc) is 2.87. The molecule has 2 heteroatoms. The van der Waals surface area contributed by atoms with E-state index >= 15 is 0 Å². The van der Waals surface area contributed by atoms with Crippen LogP contribution in [0.1, 0.15) is 41.6 Å². The fraction of sp³-hybridized carbons (Fsp3) is 0.353. The van der Waals surface area contributed by atoms with Gasteiger partial charge in [-0.15, -0.1) is 11.3 Å². The number of rotatable bonds is 4. The van der Waals surface area contributed by atoms with E-state index in [4.69, 9.17) is 0 Å². The van der Waals surface area contributed by atoms with Crippen LogP contribution in [0.5, 0.6) is 0 Å². The van der Waals surface area contributed by atoms with Gasteiger partial charge < -0.3 is 0 Å². The number of thiophene rings is 1. The number of ketones is 1. The van der Waals surface area contributed by atoms with E-state index in [0.717, 1.165) is 11.3 Å². The second kappa shape index (κ2) is 5.70. The lowest BCUT2D eigenvalue weighted by molar-refractivity contribution is 0.0943. The maximum absolute atomic E-state index is 12.0. The van der Waals surface area contributed by atoms with Gasteiger partial charge in [-0.1, -0.05) is 39.0 Å². The summed E-state index contributed by atoms with van der Waals surface area (Å²) in [6.07, 6.45) is 1.06. The first-order valence-electron chi connectivity index (χ1n) is 6.77. The quantitative estimate of drug-likeness (QED) is 0.706. The van der Waals surface area contributed by atoms with Gasteiger partial charge in [0.1, 0.15) is 0 Å². The molecule has 1 nitrogen and oxygen atoms in total. The number of carbonyl (C=O) groups excluding carboxylic acids is 1. The molecule has 2 rings (SSSR count). The Labute approximate surface area is 119 Å². The number of Topliss-reactive ketones (excluding diaryl/α,β-unsaturated/α-hetero) is 1. The Morgan fingerprint density at radius 2 is 1.95 bits per heavy atom. The fourth-order valence-electron chi connectivity index (χ4n) is 2.16. The normalized spacial score (nSPS) is 11.0. The molecule has 0 amide bonds. The van der Waals surface area contributed by atoms with Crippen LogP contribution in [0.15, 0.2) is 30.3 Å². The first kappa shape index (κ1) is 14.0. The number of hydrogen-bond donors (Lipinski definition) is 0. The van der Waals surface area contributed by atoms with Crippen molar-refractivity contribution < 1.29 is 4.79 Å². The lowest BCUT2D eigenvalue weighted by Crippen LogP contribution is -2.04. The van der Waals surface area contributed by atoms with Gasteiger partial charge in [-0.3, -0.25) is 4.79 Å². The molecule has 0 atom stereocenters. The highest BCUT2D eigenvalue weighted by atomic mass is 32.1. The second-order valence-corrected chi connectivity index (χ2v) is 6.26. The van der Waals surface area contributed by atoms with E-state index < -0.39 is 0 Å². The maximum Gasteiger partial charge on any atom is 0.175 e. The monoisotopic (exact) mass is 272 g/mol. The minimum Gasteiger partial charge on any atom is -0.293 e. The number of carbonyl (C=O) groups is 1.